The Bertz CT molecular complexity index is 399. The van der Waals surface area contributed by atoms with Gasteiger partial charge < -0.3 is 10.2 Å². The Balaban J connectivity index is 1.75. The van der Waals surface area contributed by atoms with Crippen LogP contribution in [0.5, 0.6) is 0 Å². The fourth-order valence-electron chi connectivity index (χ4n) is 2.29. The number of carbonyl (C=O) groups excluding carboxylic acids is 1. The summed E-state index contributed by atoms with van der Waals surface area (Å²) in [4.78, 5) is 15.4. The zero-order valence-corrected chi connectivity index (χ0v) is 13.0. The van der Waals surface area contributed by atoms with Gasteiger partial charge in [0.2, 0.25) is 5.91 Å². The number of thiophene rings is 1. The summed E-state index contributed by atoms with van der Waals surface area (Å²) in [6.45, 7) is 1.80. The van der Waals surface area contributed by atoms with Crippen molar-refractivity contribution < 1.29 is 4.79 Å². The van der Waals surface area contributed by atoms with Crippen LogP contribution in [-0.2, 0) is 11.2 Å². The molecule has 1 N–H and O–H groups in total. The Morgan fingerprint density at radius 1 is 1.56 bits per heavy atom. The number of nitrogens with zero attached hydrogens (tertiary/aromatic N) is 1. The highest BCUT2D eigenvalue weighted by atomic mass is 79.9. The van der Waals surface area contributed by atoms with Crippen LogP contribution < -0.4 is 5.32 Å². The average molecular weight is 331 g/mol. The second kappa shape index (κ2) is 6.68. The molecule has 2 rings (SSSR count). The number of amides is 1. The van der Waals surface area contributed by atoms with Crippen LogP contribution in [0.4, 0.5) is 0 Å². The van der Waals surface area contributed by atoms with Gasteiger partial charge in [-0.2, -0.15) is 0 Å². The lowest BCUT2D eigenvalue weighted by atomic mass is 10.0. The van der Waals surface area contributed by atoms with Gasteiger partial charge in [0, 0.05) is 40.3 Å². The Labute approximate surface area is 121 Å². The van der Waals surface area contributed by atoms with Gasteiger partial charge >= 0.3 is 0 Å². The predicted octanol–water partition coefficient (Wildman–Crippen LogP) is 2.65. The molecule has 0 aliphatic carbocycles. The molecular weight excluding hydrogens is 312 g/mol. The molecule has 0 spiro atoms. The van der Waals surface area contributed by atoms with Crippen LogP contribution in [0.3, 0.4) is 0 Å². The molecule has 3 nitrogen and oxygen atoms in total. The quantitative estimate of drug-likeness (QED) is 0.920. The second-order valence-electron chi connectivity index (χ2n) is 4.67. The third-order valence-corrected chi connectivity index (χ3v) is 5.22. The number of carbonyl (C=O) groups is 1. The SMILES string of the molecule is CNC1CCN(C(=O)CCc2cc(Br)cs2)CC1. The number of aryl methyl sites for hydroxylation is 1. The van der Waals surface area contributed by atoms with E-state index in [0.29, 0.717) is 18.4 Å². The molecule has 0 atom stereocenters. The van der Waals surface area contributed by atoms with E-state index in [1.54, 1.807) is 11.3 Å². The van der Waals surface area contributed by atoms with E-state index in [0.717, 1.165) is 36.8 Å². The van der Waals surface area contributed by atoms with Crippen molar-refractivity contribution >= 4 is 33.2 Å². The smallest absolute Gasteiger partial charge is 0.222 e. The molecule has 0 radical (unpaired) electrons. The summed E-state index contributed by atoms with van der Waals surface area (Å²) in [5.74, 6) is 0.300. The highest BCUT2D eigenvalue weighted by Gasteiger charge is 2.21. The maximum Gasteiger partial charge on any atom is 0.222 e. The zero-order chi connectivity index (χ0) is 13.0. The highest BCUT2D eigenvalue weighted by Crippen LogP contribution is 2.21. The Hall–Kier alpha value is -0.390. The van der Waals surface area contributed by atoms with E-state index >= 15 is 0 Å². The summed E-state index contributed by atoms with van der Waals surface area (Å²) in [5, 5.41) is 5.35. The number of piperidine rings is 1. The molecule has 1 fully saturated rings. The first-order chi connectivity index (χ1) is 8.69. The fraction of sp³-hybridized carbons (Fsp3) is 0.615. The van der Waals surface area contributed by atoms with E-state index < -0.39 is 0 Å². The maximum absolute atomic E-state index is 12.1. The van der Waals surface area contributed by atoms with E-state index in [1.807, 2.05) is 11.9 Å². The summed E-state index contributed by atoms with van der Waals surface area (Å²) < 4.78 is 1.12. The minimum Gasteiger partial charge on any atom is -0.343 e. The van der Waals surface area contributed by atoms with Crippen molar-refractivity contribution in [2.24, 2.45) is 0 Å². The fourth-order valence-corrected chi connectivity index (χ4v) is 3.75. The molecule has 1 aromatic heterocycles. The number of nitrogens with one attached hydrogen (secondary N) is 1. The van der Waals surface area contributed by atoms with E-state index in [2.05, 4.69) is 32.7 Å². The Kier molecular flexibility index (Phi) is 5.21. The van der Waals surface area contributed by atoms with E-state index in [9.17, 15) is 4.79 Å². The first-order valence-corrected chi connectivity index (χ1v) is 8.04. The summed E-state index contributed by atoms with van der Waals surface area (Å²) in [6, 6.07) is 2.69. The predicted molar refractivity (Wildman–Crippen MR) is 79.0 cm³/mol. The van der Waals surface area contributed by atoms with E-state index in [1.165, 1.54) is 4.88 Å². The van der Waals surface area contributed by atoms with Crippen molar-refractivity contribution in [3.8, 4) is 0 Å². The van der Waals surface area contributed by atoms with Crippen LogP contribution in [0.2, 0.25) is 0 Å². The largest absolute Gasteiger partial charge is 0.343 e. The van der Waals surface area contributed by atoms with Gasteiger partial charge in [-0.15, -0.1) is 11.3 Å². The van der Waals surface area contributed by atoms with Crippen molar-refractivity contribution in [1.29, 1.82) is 0 Å². The molecule has 0 bridgehead atoms. The van der Waals surface area contributed by atoms with Crippen LogP contribution in [0.15, 0.2) is 15.9 Å². The molecule has 1 aromatic rings. The zero-order valence-electron chi connectivity index (χ0n) is 10.6. The van der Waals surface area contributed by atoms with Gasteiger partial charge in [0.1, 0.15) is 0 Å². The normalized spacial score (nSPS) is 17.1. The summed E-state index contributed by atoms with van der Waals surface area (Å²) in [7, 11) is 2.00. The van der Waals surface area contributed by atoms with Crippen LogP contribution in [0.1, 0.15) is 24.1 Å². The Morgan fingerprint density at radius 2 is 2.28 bits per heavy atom. The van der Waals surface area contributed by atoms with Gasteiger partial charge in [-0.1, -0.05) is 0 Å². The van der Waals surface area contributed by atoms with Gasteiger partial charge in [0.15, 0.2) is 0 Å². The number of rotatable bonds is 4. The third-order valence-electron chi connectivity index (χ3n) is 3.46. The van der Waals surface area contributed by atoms with Crippen molar-refractivity contribution in [3.63, 3.8) is 0 Å². The standard InChI is InChI=1S/C13H19BrN2OS/c1-15-11-4-6-16(7-5-11)13(17)3-2-12-8-10(14)9-18-12/h8-9,11,15H,2-7H2,1H3. The molecule has 0 aromatic carbocycles. The monoisotopic (exact) mass is 330 g/mol. The third kappa shape index (κ3) is 3.80. The summed E-state index contributed by atoms with van der Waals surface area (Å²) >= 11 is 5.15. The first kappa shape index (κ1) is 14.0. The summed E-state index contributed by atoms with van der Waals surface area (Å²) in [5.41, 5.74) is 0. The number of hydrogen-bond acceptors (Lipinski definition) is 3. The van der Waals surface area contributed by atoms with Crippen LogP contribution in [0, 0.1) is 0 Å². The first-order valence-electron chi connectivity index (χ1n) is 6.37. The molecular formula is C13H19BrN2OS. The minimum atomic E-state index is 0.300. The molecule has 0 saturated carbocycles. The lowest BCUT2D eigenvalue weighted by Gasteiger charge is -2.31. The van der Waals surface area contributed by atoms with Crippen molar-refractivity contribution in [3.05, 3.63) is 20.8 Å². The lowest BCUT2D eigenvalue weighted by Crippen LogP contribution is -2.44. The van der Waals surface area contributed by atoms with Gasteiger partial charge in [-0.05, 0) is 48.3 Å². The van der Waals surface area contributed by atoms with Crippen molar-refractivity contribution in [2.75, 3.05) is 20.1 Å². The summed E-state index contributed by atoms with van der Waals surface area (Å²) in [6.07, 6.45) is 3.65. The molecule has 1 amide bonds. The van der Waals surface area contributed by atoms with E-state index in [4.69, 9.17) is 0 Å². The molecule has 18 heavy (non-hydrogen) atoms. The van der Waals surface area contributed by atoms with Gasteiger partial charge in [0.05, 0.1) is 0 Å². The molecule has 1 aliphatic heterocycles. The number of likely N-dealkylation sites (tertiary alicyclic amines) is 1. The lowest BCUT2D eigenvalue weighted by molar-refractivity contribution is -0.132. The van der Waals surface area contributed by atoms with Crippen LogP contribution >= 0.6 is 27.3 Å². The number of halogens is 1. The van der Waals surface area contributed by atoms with Crippen molar-refractivity contribution in [2.45, 2.75) is 31.7 Å². The molecule has 0 unspecified atom stereocenters. The van der Waals surface area contributed by atoms with Crippen molar-refractivity contribution in [1.82, 2.24) is 10.2 Å². The topological polar surface area (TPSA) is 32.3 Å². The Morgan fingerprint density at radius 3 is 2.83 bits per heavy atom. The maximum atomic E-state index is 12.1. The van der Waals surface area contributed by atoms with Gasteiger partial charge in [0.25, 0.3) is 0 Å². The number of hydrogen-bond donors (Lipinski definition) is 1. The second-order valence-corrected chi connectivity index (χ2v) is 6.59. The molecule has 2 heterocycles. The van der Waals surface area contributed by atoms with Gasteiger partial charge in [-0.25, -0.2) is 0 Å². The van der Waals surface area contributed by atoms with Crippen LogP contribution in [0.25, 0.3) is 0 Å². The average Bonchev–Trinajstić information content (AvgIpc) is 2.82. The van der Waals surface area contributed by atoms with Crippen LogP contribution in [-0.4, -0.2) is 37.0 Å². The van der Waals surface area contributed by atoms with Gasteiger partial charge in [-0.3, -0.25) is 4.79 Å². The van der Waals surface area contributed by atoms with E-state index in [-0.39, 0.29) is 0 Å². The molecule has 1 aliphatic rings. The molecule has 5 heteroatoms. The molecule has 100 valence electrons. The minimum absolute atomic E-state index is 0.300. The molecule has 1 saturated heterocycles. The highest BCUT2D eigenvalue weighted by molar-refractivity contribution is 9.10.